The Kier molecular flexibility index (Phi) is 7.69. The number of amides is 2. The Morgan fingerprint density at radius 2 is 1.90 bits per heavy atom. The van der Waals surface area contributed by atoms with Gasteiger partial charge in [-0.3, -0.25) is 9.59 Å². The average molecular weight is 479 g/mol. The minimum Gasteiger partial charge on any atom is -0.326 e. The molecule has 1 atom stereocenters. The molecule has 11 heteroatoms. The van der Waals surface area contributed by atoms with Crippen LogP contribution in [0.2, 0.25) is 5.02 Å². The van der Waals surface area contributed by atoms with Crippen molar-refractivity contribution in [3.05, 3.63) is 45.7 Å². The lowest BCUT2D eigenvalue weighted by atomic mass is 10.3. The Morgan fingerprint density at radius 1 is 1.19 bits per heavy atom. The summed E-state index contributed by atoms with van der Waals surface area (Å²) < 4.78 is 1.84. The van der Waals surface area contributed by atoms with Crippen molar-refractivity contribution < 1.29 is 9.59 Å². The Balaban J connectivity index is 1.62. The van der Waals surface area contributed by atoms with Gasteiger partial charge in [-0.05, 0) is 52.0 Å². The van der Waals surface area contributed by atoms with Crippen LogP contribution in [0.3, 0.4) is 0 Å². The van der Waals surface area contributed by atoms with Gasteiger partial charge in [0.05, 0.1) is 17.4 Å². The molecule has 0 aliphatic heterocycles. The highest BCUT2D eigenvalue weighted by Gasteiger charge is 2.21. The summed E-state index contributed by atoms with van der Waals surface area (Å²) in [6.07, 6.45) is 0.0717. The number of aryl methyl sites for hydroxylation is 2. The molecule has 0 radical (unpaired) electrons. The highest BCUT2D eigenvalue weighted by Crippen LogP contribution is 2.26. The fourth-order valence-corrected chi connectivity index (χ4v) is 4.56. The number of aromatic nitrogens is 4. The minimum atomic E-state index is -0.408. The van der Waals surface area contributed by atoms with Crippen molar-refractivity contribution in [1.82, 2.24) is 19.7 Å². The van der Waals surface area contributed by atoms with Crippen molar-refractivity contribution in [1.29, 1.82) is 0 Å². The van der Waals surface area contributed by atoms with E-state index in [0.29, 0.717) is 33.4 Å². The highest BCUT2D eigenvalue weighted by atomic mass is 35.5. The van der Waals surface area contributed by atoms with E-state index in [0.717, 1.165) is 10.6 Å². The van der Waals surface area contributed by atoms with Gasteiger partial charge in [-0.2, -0.15) is 0 Å². The number of thioether (sulfide) groups is 1. The number of halogens is 1. The summed E-state index contributed by atoms with van der Waals surface area (Å²) >= 11 is 8.61. The predicted octanol–water partition coefficient (Wildman–Crippen LogP) is 4.33. The molecule has 8 nitrogen and oxygen atoms in total. The second-order valence-corrected chi connectivity index (χ2v) is 9.73. The van der Waals surface area contributed by atoms with Crippen LogP contribution in [0.1, 0.15) is 30.2 Å². The van der Waals surface area contributed by atoms with Gasteiger partial charge in [0, 0.05) is 22.1 Å². The standard InChI is InChI=1S/C20H23ClN6O2S2/c1-5-27-16(10-17(28)23-15-8-6-14(21)7-9-15)25-26-20(27)31-13(4)18(29)24-19-22-11(2)12(3)30-19/h6-9,13H,5,10H2,1-4H3,(H,23,28)(H,22,24,29). The van der Waals surface area contributed by atoms with E-state index in [4.69, 9.17) is 11.6 Å². The third-order valence-electron chi connectivity index (χ3n) is 4.47. The number of carbonyl (C=O) groups excluding carboxylic acids is 2. The molecule has 1 unspecified atom stereocenters. The van der Waals surface area contributed by atoms with E-state index in [2.05, 4.69) is 25.8 Å². The number of thiazole rings is 1. The van der Waals surface area contributed by atoms with E-state index in [-0.39, 0.29) is 18.2 Å². The van der Waals surface area contributed by atoms with E-state index in [1.807, 2.05) is 25.3 Å². The molecule has 0 saturated heterocycles. The number of nitrogens with one attached hydrogen (secondary N) is 2. The second-order valence-electron chi connectivity index (χ2n) is 6.78. The molecule has 0 aliphatic carbocycles. The molecule has 0 fully saturated rings. The van der Waals surface area contributed by atoms with Gasteiger partial charge in [0.2, 0.25) is 11.8 Å². The molecule has 1 aromatic carbocycles. The minimum absolute atomic E-state index is 0.0717. The molecular weight excluding hydrogens is 456 g/mol. The molecule has 3 aromatic rings. The second kappa shape index (κ2) is 10.3. The zero-order valence-electron chi connectivity index (χ0n) is 17.6. The van der Waals surface area contributed by atoms with Gasteiger partial charge in [0.15, 0.2) is 10.3 Å². The normalized spacial score (nSPS) is 11.9. The first-order chi connectivity index (χ1) is 14.8. The van der Waals surface area contributed by atoms with Crippen molar-refractivity contribution in [2.75, 3.05) is 10.6 Å². The third-order valence-corrected chi connectivity index (χ3v) is 6.79. The molecule has 0 bridgehead atoms. The van der Waals surface area contributed by atoms with E-state index >= 15 is 0 Å². The van der Waals surface area contributed by atoms with Crippen LogP contribution >= 0.6 is 34.7 Å². The smallest absolute Gasteiger partial charge is 0.239 e. The zero-order chi connectivity index (χ0) is 22.5. The fraction of sp³-hybridized carbons (Fsp3) is 0.350. The summed E-state index contributed by atoms with van der Waals surface area (Å²) in [4.78, 5) is 30.4. The van der Waals surface area contributed by atoms with E-state index in [1.54, 1.807) is 31.2 Å². The first-order valence-corrected chi connectivity index (χ1v) is 11.7. The number of nitrogens with zero attached hydrogens (tertiary/aromatic N) is 4. The first kappa shape index (κ1) is 23.2. The first-order valence-electron chi connectivity index (χ1n) is 9.65. The van der Waals surface area contributed by atoms with Gasteiger partial charge in [-0.25, -0.2) is 4.98 Å². The number of benzene rings is 1. The van der Waals surface area contributed by atoms with Crippen LogP contribution in [0.25, 0.3) is 0 Å². The molecule has 3 rings (SSSR count). The van der Waals surface area contributed by atoms with Gasteiger partial charge in [-0.15, -0.1) is 21.5 Å². The van der Waals surface area contributed by atoms with Gasteiger partial charge in [0.1, 0.15) is 5.82 Å². The topological polar surface area (TPSA) is 102 Å². The summed E-state index contributed by atoms with van der Waals surface area (Å²) in [6, 6.07) is 6.89. The zero-order valence-corrected chi connectivity index (χ0v) is 20.0. The molecule has 2 aromatic heterocycles. The third kappa shape index (κ3) is 6.05. The number of hydrogen-bond acceptors (Lipinski definition) is 7. The molecule has 2 N–H and O–H groups in total. The maximum Gasteiger partial charge on any atom is 0.239 e. The quantitative estimate of drug-likeness (QED) is 0.467. The molecule has 0 saturated carbocycles. The summed E-state index contributed by atoms with van der Waals surface area (Å²) in [7, 11) is 0. The van der Waals surface area contributed by atoms with Crippen molar-refractivity contribution in [2.45, 2.75) is 51.1 Å². The highest BCUT2D eigenvalue weighted by molar-refractivity contribution is 8.00. The van der Waals surface area contributed by atoms with Gasteiger partial charge >= 0.3 is 0 Å². The number of hydrogen-bond donors (Lipinski definition) is 2. The van der Waals surface area contributed by atoms with Crippen LogP contribution in [0.4, 0.5) is 10.8 Å². The molecule has 2 amide bonds. The van der Waals surface area contributed by atoms with Crippen LogP contribution in [-0.4, -0.2) is 36.8 Å². The van der Waals surface area contributed by atoms with Crippen LogP contribution in [0, 0.1) is 13.8 Å². The number of carbonyl (C=O) groups is 2. The van der Waals surface area contributed by atoms with Crippen molar-refractivity contribution in [3.8, 4) is 0 Å². The van der Waals surface area contributed by atoms with E-state index < -0.39 is 5.25 Å². The number of anilines is 2. The van der Waals surface area contributed by atoms with Crippen LogP contribution in [0.5, 0.6) is 0 Å². The van der Waals surface area contributed by atoms with Crippen LogP contribution < -0.4 is 10.6 Å². The van der Waals surface area contributed by atoms with Gasteiger partial charge < -0.3 is 15.2 Å². The van der Waals surface area contributed by atoms with Crippen LogP contribution in [0.15, 0.2) is 29.4 Å². The summed E-state index contributed by atoms with van der Waals surface area (Å²) in [5.41, 5.74) is 1.57. The Hall–Kier alpha value is -2.43. The molecule has 0 aliphatic rings. The monoisotopic (exact) mass is 478 g/mol. The van der Waals surface area contributed by atoms with E-state index in [1.165, 1.54) is 23.1 Å². The molecule has 0 spiro atoms. The largest absolute Gasteiger partial charge is 0.326 e. The predicted molar refractivity (Wildman–Crippen MR) is 125 cm³/mol. The summed E-state index contributed by atoms with van der Waals surface area (Å²) in [5, 5.41) is 15.4. The van der Waals surface area contributed by atoms with Crippen molar-refractivity contribution in [2.24, 2.45) is 0 Å². The van der Waals surface area contributed by atoms with Gasteiger partial charge in [-0.1, -0.05) is 23.4 Å². The molecule has 2 heterocycles. The molecule has 31 heavy (non-hydrogen) atoms. The lowest BCUT2D eigenvalue weighted by Crippen LogP contribution is -2.23. The van der Waals surface area contributed by atoms with E-state index in [9.17, 15) is 9.59 Å². The molecule has 164 valence electrons. The maximum absolute atomic E-state index is 12.6. The average Bonchev–Trinajstić information content (AvgIpc) is 3.25. The SMILES string of the molecule is CCn1c(CC(=O)Nc2ccc(Cl)cc2)nnc1SC(C)C(=O)Nc1nc(C)c(C)s1. The Morgan fingerprint density at radius 3 is 2.52 bits per heavy atom. The van der Waals surface area contributed by atoms with Crippen molar-refractivity contribution in [3.63, 3.8) is 0 Å². The van der Waals surface area contributed by atoms with Crippen molar-refractivity contribution >= 4 is 57.3 Å². The lowest BCUT2D eigenvalue weighted by molar-refractivity contribution is -0.116. The summed E-state index contributed by atoms with van der Waals surface area (Å²) in [5.74, 6) is 0.169. The fourth-order valence-electron chi connectivity index (χ4n) is 2.68. The maximum atomic E-state index is 12.6. The Labute approximate surface area is 193 Å². The number of rotatable bonds is 8. The lowest BCUT2D eigenvalue weighted by Gasteiger charge is -2.12. The molecular formula is C20H23ClN6O2S2. The summed E-state index contributed by atoms with van der Waals surface area (Å²) in [6.45, 7) is 8.20. The van der Waals surface area contributed by atoms with Crippen LogP contribution in [-0.2, 0) is 22.6 Å². The Bertz CT molecular complexity index is 1060. The van der Waals surface area contributed by atoms with Gasteiger partial charge in [0.25, 0.3) is 0 Å².